The normalized spacial score (nSPS) is 15.4. The summed E-state index contributed by atoms with van der Waals surface area (Å²) in [7, 11) is 0. The molecule has 0 heterocycles. The van der Waals surface area contributed by atoms with Gasteiger partial charge in [-0.1, -0.05) is 27.7 Å². The Morgan fingerprint density at radius 1 is 1.13 bits per heavy atom. The highest BCUT2D eigenvalue weighted by Crippen LogP contribution is 2.26. The maximum atomic E-state index is 5.54. The van der Waals surface area contributed by atoms with Crippen LogP contribution in [0.2, 0.25) is 0 Å². The molecule has 2 nitrogen and oxygen atoms in total. The SMILES string of the molecule is CC(CCN)CNC(C)(C)CC(C)(C)C. The lowest BCUT2D eigenvalue weighted by Gasteiger charge is -2.34. The lowest BCUT2D eigenvalue weighted by atomic mass is 9.81. The third-order valence-corrected chi connectivity index (χ3v) is 2.56. The standard InChI is InChI=1S/C13H30N2/c1-11(7-8-14)9-15-13(5,6)10-12(2,3)4/h11,15H,7-10,14H2,1-6H3. The predicted molar refractivity (Wildman–Crippen MR) is 69.0 cm³/mol. The van der Waals surface area contributed by atoms with Crippen molar-refractivity contribution in [3.63, 3.8) is 0 Å². The van der Waals surface area contributed by atoms with Gasteiger partial charge < -0.3 is 11.1 Å². The number of rotatable bonds is 6. The number of nitrogens with one attached hydrogen (secondary N) is 1. The summed E-state index contributed by atoms with van der Waals surface area (Å²) < 4.78 is 0. The van der Waals surface area contributed by atoms with Crippen LogP contribution in [-0.2, 0) is 0 Å². The first-order chi connectivity index (χ1) is 6.66. The summed E-state index contributed by atoms with van der Waals surface area (Å²) in [6, 6.07) is 0. The molecule has 0 bridgehead atoms. The van der Waals surface area contributed by atoms with E-state index in [0.29, 0.717) is 11.3 Å². The average molecular weight is 214 g/mol. The average Bonchev–Trinajstić information content (AvgIpc) is 1.97. The van der Waals surface area contributed by atoms with E-state index in [2.05, 4.69) is 46.9 Å². The van der Waals surface area contributed by atoms with Crippen LogP contribution in [0.5, 0.6) is 0 Å². The molecule has 0 aliphatic rings. The van der Waals surface area contributed by atoms with Crippen LogP contribution in [0.4, 0.5) is 0 Å². The first kappa shape index (κ1) is 14.9. The Balaban J connectivity index is 3.93. The minimum Gasteiger partial charge on any atom is -0.330 e. The molecule has 0 radical (unpaired) electrons. The van der Waals surface area contributed by atoms with Crippen LogP contribution in [0, 0.1) is 11.3 Å². The van der Waals surface area contributed by atoms with Crippen LogP contribution in [0.15, 0.2) is 0 Å². The number of hydrogen-bond acceptors (Lipinski definition) is 2. The van der Waals surface area contributed by atoms with Crippen LogP contribution in [-0.4, -0.2) is 18.6 Å². The van der Waals surface area contributed by atoms with Gasteiger partial charge in [-0.25, -0.2) is 0 Å². The number of nitrogens with two attached hydrogens (primary N) is 1. The van der Waals surface area contributed by atoms with Crippen molar-refractivity contribution in [1.82, 2.24) is 5.32 Å². The molecule has 0 aromatic rings. The van der Waals surface area contributed by atoms with E-state index in [4.69, 9.17) is 5.73 Å². The molecule has 0 saturated heterocycles. The smallest absolute Gasteiger partial charge is 0.0130 e. The molecule has 0 amide bonds. The Hall–Kier alpha value is -0.0800. The predicted octanol–water partition coefficient (Wildman–Crippen LogP) is 2.78. The third-order valence-electron chi connectivity index (χ3n) is 2.56. The lowest BCUT2D eigenvalue weighted by Crippen LogP contribution is -2.44. The molecule has 0 spiro atoms. The van der Waals surface area contributed by atoms with Crippen molar-refractivity contribution in [2.24, 2.45) is 17.1 Å². The van der Waals surface area contributed by atoms with E-state index in [1.165, 1.54) is 6.42 Å². The lowest BCUT2D eigenvalue weighted by molar-refractivity contribution is 0.233. The maximum Gasteiger partial charge on any atom is 0.0130 e. The van der Waals surface area contributed by atoms with Gasteiger partial charge in [0.15, 0.2) is 0 Å². The van der Waals surface area contributed by atoms with Crippen molar-refractivity contribution in [3.05, 3.63) is 0 Å². The molecule has 0 aromatic carbocycles. The van der Waals surface area contributed by atoms with Crippen molar-refractivity contribution < 1.29 is 0 Å². The molecule has 2 heteroatoms. The van der Waals surface area contributed by atoms with E-state index in [-0.39, 0.29) is 5.54 Å². The zero-order valence-electron chi connectivity index (χ0n) is 11.5. The minimum atomic E-state index is 0.223. The van der Waals surface area contributed by atoms with Gasteiger partial charge in [-0.05, 0) is 51.1 Å². The molecule has 3 N–H and O–H groups in total. The van der Waals surface area contributed by atoms with Gasteiger partial charge in [-0.3, -0.25) is 0 Å². The Kier molecular flexibility index (Phi) is 5.82. The van der Waals surface area contributed by atoms with Gasteiger partial charge in [0.1, 0.15) is 0 Å². The highest BCUT2D eigenvalue weighted by atomic mass is 15.0. The molecule has 15 heavy (non-hydrogen) atoms. The molecule has 0 aliphatic carbocycles. The fourth-order valence-corrected chi connectivity index (χ4v) is 2.23. The van der Waals surface area contributed by atoms with E-state index < -0.39 is 0 Å². The summed E-state index contributed by atoms with van der Waals surface area (Å²) in [5, 5.41) is 3.64. The monoisotopic (exact) mass is 214 g/mol. The molecule has 92 valence electrons. The second-order valence-corrected chi connectivity index (χ2v) is 6.68. The van der Waals surface area contributed by atoms with Crippen LogP contribution in [0.25, 0.3) is 0 Å². The topological polar surface area (TPSA) is 38.0 Å². The van der Waals surface area contributed by atoms with Gasteiger partial charge in [0.2, 0.25) is 0 Å². The van der Waals surface area contributed by atoms with E-state index >= 15 is 0 Å². The minimum absolute atomic E-state index is 0.223. The second kappa shape index (κ2) is 5.86. The van der Waals surface area contributed by atoms with Crippen molar-refractivity contribution in [3.8, 4) is 0 Å². The van der Waals surface area contributed by atoms with Gasteiger partial charge in [-0.2, -0.15) is 0 Å². The van der Waals surface area contributed by atoms with Gasteiger partial charge in [-0.15, -0.1) is 0 Å². The summed E-state index contributed by atoms with van der Waals surface area (Å²) in [6.45, 7) is 15.6. The summed E-state index contributed by atoms with van der Waals surface area (Å²) >= 11 is 0. The zero-order chi connectivity index (χ0) is 12.1. The molecule has 0 fully saturated rings. The van der Waals surface area contributed by atoms with Crippen molar-refractivity contribution >= 4 is 0 Å². The molecule has 0 aromatic heterocycles. The molecule has 0 saturated carbocycles. The third kappa shape index (κ3) is 8.88. The van der Waals surface area contributed by atoms with Gasteiger partial charge in [0.05, 0.1) is 0 Å². The van der Waals surface area contributed by atoms with Crippen molar-refractivity contribution in [2.45, 2.75) is 59.9 Å². The highest BCUT2D eigenvalue weighted by Gasteiger charge is 2.24. The van der Waals surface area contributed by atoms with E-state index in [1.54, 1.807) is 0 Å². The Morgan fingerprint density at radius 3 is 2.07 bits per heavy atom. The van der Waals surface area contributed by atoms with Gasteiger partial charge >= 0.3 is 0 Å². The van der Waals surface area contributed by atoms with Gasteiger partial charge in [0, 0.05) is 5.54 Å². The molecule has 1 atom stereocenters. The zero-order valence-corrected chi connectivity index (χ0v) is 11.5. The summed E-state index contributed by atoms with van der Waals surface area (Å²) in [4.78, 5) is 0. The van der Waals surface area contributed by atoms with Crippen LogP contribution in [0.3, 0.4) is 0 Å². The summed E-state index contributed by atoms with van der Waals surface area (Å²) in [5.74, 6) is 0.675. The number of hydrogen-bond donors (Lipinski definition) is 2. The summed E-state index contributed by atoms with van der Waals surface area (Å²) in [5.41, 5.74) is 6.15. The van der Waals surface area contributed by atoms with Crippen molar-refractivity contribution in [1.29, 1.82) is 0 Å². The molecule has 0 rings (SSSR count). The van der Waals surface area contributed by atoms with E-state index in [1.807, 2.05) is 0 Å². The first-order valence-electron chi connectivity index (χ1n) is 6.11. The fraction of sp³-hybridized carbons (Fsp3) is 1.00. The van der Waals surface area contributed by atoms with Crippen LogP contribution >= 0.6 is 0 Å². The highest BCUT2D eigenvalue weighted by molar-refractivity contribution is 4.83. The largest absolute Gasteiger partial charge is 0.330 e. The maximum absolute atomic E-state index is 5.54. The molecule has 1 unspecified atom stereocenters. The molecule has 0 aliphatic heterocycles. The van der Waals surface area contributed by atoms with Crippen molar-refractivity contribution in [2.75, 3.05) is 13.1 Å². The first-order valence-corrected chi connectivity index (χ1v) is 6.11. The molecular weight excluding hydrogens is 184 g/mol. The second-order valence-electron chi connectivity index (χ2n) is 6.68. The summed E-state index contributed by atoms with van der Waals surface area (Å²) in [6.07, 6.45) is 2.30. The van der Waals surface area contributed by atoms with Crippen LogP contribution < -0.4 is 11.1 Å². The van der Waals surface area contributed by atoms with Crippen LogP contribution in [0.1, 0.15) is 54.4 Å². The van der Waals surface area contributed by atoms with Gasteiger partial charge in [0.25, 0.3) is 0 Å². The molecular formula is C13H30N2. The van der Waals surface area contributed by atoms with E-state index in [0.717, 1.165) is 19.5 Å². The van der Waals surface area contributed by atoms with E-state index in [9.17, 15) is 0 Å². The Bertz CT molecular complexity index is 168. The quantitative estimate of drug-likeness (QED) is 0.713. The Labute approximate surface area is 96.0 Å². The fourth-order valence-electron chi connectivity index (χ4n) is 2.23. The Morgan fingerprint density at radius 2 is 1.67 bits per heavy atom.